The van der Waals surface area contributed by atoms with Crippen LogP contribution in [-0.4, -0.2) is 15.8 Å². The molecule has 1 aromatic heterocycles. The maximum absolute atomic E-state index is 13.2. The Labute approximate surface area is 129 Å². The van der Waals surface area contributed by atoms with E-state index in [0.717, 1.165) is 5.52 Å². The van der Waals surface area contributed by atoms with Crippen LogP contribution < -0.4 is 0 Å². The first-order valence-electron chi connectivity index (χ1n) is 6.32. The van der Waals surface area contributed by atoms with E-state index in [1.165, 1.54) is 18.3 Å². The third-order valence-corrected chi connectivity index (χ3v) is 3.87. The number of hydrogen-bond donors (Lipinski definition) is 0. The number of halogens is 2. The monoisotopic (exact) mass is 344 g/mol. The van der Waals surface area contributed by atoms with Crippen molar-refractivity contribution in [2.24, 2.45) is 0 Å². The van der Waals surface area contributed by atoms with Gasteiger partial charge in [0.25, 0.3) is 0 Å². The summed E-state index contributed by atoms with van der Waals surface area (Å²) in [7, 11) is 0. The lowest BCUT2D eigenvalue weighted by molar-refractivity contribution is 0.0988. The van der Waals surface area contributed by atoms with Gasteiger partial charge in [0.2, 0.25) is 0 Å². The molecule has 0 amide bonds. The summed E-state index contributed by atoms with van der Waals surface area (Å²) in [5.41, 5.74) is 2.28. The van der Waals surface area contributed by atoms with E-state index in [2.05, 4.69) is 25.9 Å². The van der Waals surface area contributed by atoms with E-state index in [-0.39, 0.29) is 23.7 Å². The van der Waals surface area contributed by atoms with Crippen molar-refractivity contribution in [3.05, 3.63) is 70.2 Å². The van der Waals surface area contributed by atoms with Crippen LogP contribution in [0.5, 0.6) is 0 Å². The Morgan fingerprint density at radius 2 is 1.90 bits per heavy atom. The molecule has 21 heavy (non-hydrogen) atoms. The second-order valence-electron chi connectivity index (χ2n) is 4.58. The molecule has 0 atom stereocenters. The van der Waals surface area contributed by atoms with E-state index < -0.39 is 0 Å². The van der Waals surface area contributed by atoms with Crippen molar-refractivity contribution >= 4 is 32.7 Å². The number of carbonyl (C=O) groups excluding carboxylic acids is 1. The zero-order chi connectivity index (χ0) is 14.8. The van der Waals surface area contributed by atoms with Gasteiger partial charge < -0.3 is 0 Å². The fourth-order valence-corrected chi connectivity index (χ4v) is 2.42. The molecule has 1 heterocycles. The van der Waals surface area contributed by atoms with Crippen molar-refractivity contribution in [2.45, 2.75) is 6.42 Å². The summed E-state index contributed by atoms with van der Waals surface area (Å²) in [4.78, 5) is 20.8. The minimum atomic E-state index is -0.370. The quantitative estimate of drug-likeness (QED) is 0.675. The number of benzene rings is 2. The zero-order valence-electron chi connectivity index (χ0n) is 10.9. The second kappa shape index (κ2) is 5.69. The minimum absolute atomic E-state index is 0.0748. The molecule has 0 bridgehead atoms. The lowest BCUT2D eigenvalue weighted by Gasteiger charge is -2.05. The Morgan fingerprint density at radius 1 is 1.14 bits per heavy atom. The van der Waals surface area contributed by atoms with Gasteiger partial charge in [0.05, 0.1) is 17.2 Å². The van der Waals surface area contributed by atoms with Gasteiger partial charge in [-0.05, 0) is 35.9 Å². The molecule has 0 spiro atoms. The molecule has 0 saturated heterocycles. The van der Waals surface area contributed by atoms with Crippen molar-refractivity contribution in [1.82, 2.24) is 9.97 Å². The molecule has 0 aliphatic heterocycles. The molecule has 2 aromatic carbocycles. The molecule has 3 rings (SSSR count). The number of Topliss-reactive ketones (excluding diaryl/α,β-unsaturated/α-hetero) is 1. The molecule has 3 nitrogen and oxygen atoms in total. The summed E-state index contributed by atoms with van der Waals surface area (Å²) in [5.74, 6) is -0.565. The topological polar surface area (TPSA) is 42.9 Å². The SMILES string of the molecule is O=C(Cc1cc(F)ccc1Br)c1cnc2ccccc2n1. The first-order valence-corrected chi connectivity index (χ1v) is 7.12. The Morgan fingerprint density at radius 3 is 2.71 bits per heavy atom. The van der Waals surface area contributed by atoms with Crippen LogP contribution in [0.15, 0.2) is 53.1 Å². The largest absolute Gasteiger partial charge is 0.292 e. The molecule has 0 unspecified atom stereocenters. The number of nitrogens with zero attached hydrogens (tertiary/aromatic N) is 2. The molecule has 0 aliphatic rings. The standard InChI is InChI=1S/C16H10BrFN2O/c17-12-6-5-11(18)7-10(12)8-16(21)15-9-19-13-3-1-2-4-14(13)20-15/h1-7,9H,8H2. The molecule has 0 saturated carbocycles. The van der Waals surface area contributed by atoms with E-state index in [4.69, 9.17) is 0 Å². The highest BCUT2D eigenvalue weighted by Crippen LogP contribution is 2.20. The predicted octanol–water partition coefficient (Wildman–Crippen LogP) is 3.96. The number of aromatic nitrogens is 2. The third kappa shape index (κ3) is 2.97. The van der Waals surface area contributed by atoms with Gasteiger partial charge in [0.15, 0.2) is 5.78 Å². The van der Waals surface area contributed by atoms with E-state index >= 15 is 0 Å². The maximum atomic E-state index is 13.2. The van der Waals surface area contributed by atoms with Crippen LogP contribution in [-0.2, 0) is 6.42 Å². The van der Waals surface area contributed by atoms with Crippen LogP contribution in [0.1, 0.15) is 16.1 Å². The summed E-state index contributed by atoms with van der Waals surface area (Å²) in [6.45, 7) is 0. The molecule has 0 N–H and O–H groups in total. The van der Waals surface area contributed by atoms with E-state index in [1.54, 1.807) is 12.1 Å². The van der Waals surface area contributed by atoms with Crippen LogP contribution in [0.3, 0.4) is 0 Å². The van der Waals surface area contributed by atoms with Gasteiger partial charge in [0.1, 0.15) is 11.5 Å². The molecule has 0 aliphatic carbocycles. The van der Waals surface area contributed by atoms with E-state index in [0.29, 0.717) is 15.6 Å². The fraction of sp³-hybridized carbons (Fsp3) is 0.0625. The molecule has 5 heteroatoms. The Balaban J connectivity index is 1.91. The predicted molar refractivity (Wildman–Crippen MR) is 81.7 cm³/mol. The molecule has 104 valence electrons. The van der Waals surface area contributed by atoms with Gasteiger partial charge in [-0.25, -0.2) is 9.37 Å². The van der Waals surface area contributed by atoms with Gasteiger partial charge in [-0.1, -0.05) is 28.1 Å². The van der Waals surface area contributed by atoms with Crippen molar-refractivity contribution in [2.75, 3.05) is 0 Å². The highest BCUT2D eigenvalue weighted by molar-refractivity contribution is 9.10. The smallest absolute Gasteiger partial charge is 0.187 e. The number of carbonyl (C=O) groups is 1. The van der Waals surface area contributed by atoms with Crippen LogP contribution >= 0.6 is 15.9 Å². The highest BCUT2D eigenvalue weighted by Gasteiger charge is 2.12. The second-order valence-corrected chi connectivity index (χ2v) is 5.43. The average Bonchev–Trinajstić information content (AvgIpc) is 2.50. The third-order valence-electron chi connectivity index (χ3n) is 3.09. The molecular formula is C16H10BrFN2O. The summed E-state index contributed by atoms with van der Waals surface area (Å²) in [6, 6.07) is 11.6. The molecule has 0 radical (unpaired) electrons. The Bertz CT molecular complexity index is 835. The number of hydrogen-bond acceptors (Lipinski definition) is 3. The van der Waals surface area contributed by atoms with Crippen LogP contribution in [0.4, 0.5) is 4.39 Å². The lowest BCUT2D eigenvalue weighted by atomic mass is 10.1. The zero-order valence-corrected chi connectivity index (χ0v) is 12.5. The fourth-order valence-electron chi connectivity index (χ4n) is 2.03. The van der Waals surface area contributed by atoms with Gasteiger partial charge in [0, 0.05) is 10.9 Å². The van der Waals surface area contributed by atoms with Crippen LogP contribution in [0.25, 0.3) is 11.0 Å². The average molecular weight is 345 g/mol. The van der Waals surface area contributed by atoms with Crippen molar-refractivity contribution in [3.63, 3.8) is 0 Å². The summed E-state index contributed by atoms with van der Waals surface area (Å²) in [6.07, 6.45) is 1.53. The summed E-state index contributed by atoms with van der Waals surface area (Å²) >= 11 is 3.32. The van der Waals surface area contributed by atoms with Crippen molar-refractivity contribution < 1.29 is 9.18 Å². The lowest BCUT2D eigenvalue weighted by Crippen LogP contribution is -2.07. The molecule has 3 aromatic rings. The maximum Gasteiger partial charge on any atom is 0.187 e. The first kappa shape index (κ1) is 13.8. The number of ketones is 1. The highest BCUT2D eigenvalue weighted by atomic mass is 79.9. The normalized spacial score (nSPS) is 10.8. The van der Waals surface area contributed by atoms with Gasteiger partial charge in [-0.15, -0.1) is 0 Å². The first-order chi connectivity index (χ1) is 10.1. The number of para-hydroxylation sites is 2. The van der Waals surface area contributed by atoms with E-state index in [9.17, 15) is 9.18 Å². The number of rotatable bonds is 3. The van der Waals surface area contributed by atoms with E-state index in [1.807, 2.05) is 18.2 Å². The van der Waals surface area contributed by atoms with Gasteiger partial charge in [-0.2, -0.15) is 0 Å². The van der Waals surface area contributed by atoms with Crippen molar-refractivity contribution in [1.29, 1.82) is 0 Å². The van der Waals surface area contributed by atoms with Crippen LogP contribution in [0, 0.1) is 5.82 Å². The Kier molecular flexibility index (Phi) is 3.75. The minimum Gasteiger partial charge on any atom is -0.292 e. The molecule has 0 fully saturated rings. The summed E-state index contributed by atoms with van der Waals surface area (Å²) in [5, 5.41) is 0. The van der Waals surface area contributed by atoms with Crippen molar-refractivity contribution in [3.8, 4) is 0 Å². The van der Waals surface area contributed by atoms with Gasteiger partial charge in [-0.3, -0.25) is 9.78 Å². The van der Waals surface area contributed by atoms with Crippen LogP contribution in [0.2, 0.25) is 0 Å². The van der Waals surface area contributed by atoms with Gasteiger partial charge >= 0.3 is 0 Å². The molecular weight excluding hydrogens is 335 g/mol. The Hall–Kier alpha value is -2.14. The summed E-state index contributed by atoms with van der Waals surface area (Å²) < 4.78 is 13.9. The number of fused-ring (bicyclic) bond motifs is 1.